The summed E-state index contributed by atoms with van der Waals surface area (Å²) in [5.41, 5.74) is 2.91. The van der Waals surface area contributed by atoms with Crippen molar-refractivity contribution in [3.8, 4) is 9.88 Å². The van der Waals surface area contributed by atoms with E-state index in [0.29, 0.717) is 5.69 Å². The Morgan fingerprint density at radius 1 is 1.19 bits per heavy atom. The van der Waals surface area contributed by atoms with E-state index in [9.17, 15) is 9.59 Å². The van der Waals surface area contributed by atoms with Gasteiger partial charge in [-0.2, -0.15) is 0 Å². The maximum atomic E-state index is 12.3. The Bertz CT molecular complexity index is 932. The number of esters is 1. The first-order valence-electron chi connectivity index (χ1n) is 8.02. The second-order valence-corrected chi connectivity index (χ2v) is 7.68. The molecule has 0 aliphatic carbocycles. The standard InChI is InChI=1S/C19H18N2O3S2/c1-11-6-7-12(2)14(9-11)20-17(22)13(3)24-19(23)15-10-26-18(21-15)16-5-4-8-25-16/h4-10,13H,1-3H3,(H,20,22)/t13-/m0/s1. The van der Waals surface area contributed by atoms with Crippen LogP contribution in [0.1, 0.15) is 28.5 Å². The Balaban J connectivity index is 1.63. The van der Waals surface area contributed by atoms with Crippen LogP contribution in [0.15, 0.2) is 41.1 Å². The second kappa shape index (κ2) is 7.80. The highest BCUT2D eigenvalue weighted by molar-refractivity contribution is 7.20. The SMILES string of the molecule is Cc1ccc(C)c(NC(=O)[C@H](C)OC(=O)c2csc(-c3cccs3)n2)c1. The molecule has 3 aromatic rings. The fourth-order valence-corrected chi connectivity index (χ4v) is 3.86. The molecule has 0 saturated heterocycles. The predicted octanol–water partition coefficient (Wildman–Crippen LogP) is 4.67. The summed E-state index contributed by atoms with van der Waals surface area (Å²) in [6.07, 6.45) is -0.922. The molecule has 0 aliphatic heterocycles. The van der Waals surface area contributed by atoms with E-state index in [1.54, 1.807) is 23.6 Å². The van der Waals surface area contributed by atoms with Gasteiger partial charge >= 0.3 is 5.97 Å². The van der Waals surface area contributed by atoms with E-state index in [4.69, 9.17) is 4.74 Å². The number of carbonyl (C=O) groups is 2. The summed E-state index contributed by atoms with van der Waals surface area (Å²) in [6, 6.07) is 9.67. The van der Waals surface area contributed by atoms with Crippen LogP contribution in [-0.2, 0) is 9.53 Å². The molecule has 0 radical (unpaired) electrons. The lowest BCUT2D eigenvalue weighted by Crippen LogP contribution is -2.30. The molecule has 1 atom stereocenters. The summed E-state index contributed by atoms with van der Waals surface area (Å²) in [7, 11) is 0. The van der Waals surface area contributed by atoms with Crippen LogP contribution in [0.3, 0.4) is 0 Å². The zero-order valence-corrected chi connectivity index (χ0v) is 16.2. The van der Waals surface area contributed by atoms with Crippen molar-refractivity contribution in [1.29, 1.82) is 0 Å². The molecule has 5 nitrogen and oxygen atoms in total. The molecular formula is C19H18N2O3S2. The van der Waals surface area contributed by atoms with E-state index in [2.05, 4.69) is 10.3 Å². The summed E-state index contributed by atoms with van der Waals surface area (Å²) >= 11 is 2.93. The molecule has 7 heteroatoms. The number of carbonyl (C=O) groups excluding carboxylic acids is 2. The monoisotopic (exact) mass is 386 g/mol. The molecular weight excluding hydrogens is 368 g/mol. The number of thiazole rings is 1. The highest BCUT2D eigenvalue weighted by Crippen LogP contribution is 2.28. The number of aromatic nitrogens is 1. The van der Waals surface area contributed by atoms with Gasteiger partial charge in [0.1, 0.15) is 5.01 Å². The minimum Gasteiger partial charge on any atom is -0.448 e. The number of benzene rings is 1. The van der Waals surface area contributed by atoms with Crippen LogP contribution in [0, 0.1) is 13.8 Å². The van der Waals surface area contributed by atoms with Crippen molar-refractivity contribution in [2.24, 2.45) is 0 Å². The number of rotatable bonds is 5. The van der Waals surface area contributed by atoms with E-state index in [0.717, 1.165) is 21.0 Å². The molecule has 1 amide bonds. The van der Waals surface area contributed by atoms with Gasteiger partial charge in [-0.15, -0.1) is 22.7 Å². The van der Waals surface area contributed by atoms with E-state index in [-0.39, 0.29) is 11.6 Å². The van der Waals surface area contributed by atoms with Gasteiger partial charge < -0.3 is 10.1 Å². The van der Waals surface area contributed by atoms with E-state index in [1.165, 1.54) is 11.3 Å². The van der Waals surface area contributed by atoms with Crippen LogP contribution >= 0.6 is 22.7 Å². The number of anilines is 1. The van der Waals surface area contributed by atoms with Gasteiger partial charge in [0.15, 0.2) is 11.8 Å². The Hall–Kier alpha value is -2.51. The number of thiophene rings is 1. The van der Waals surface area contributed by atoms with Crippen molar-refractivity contribution in [2.45, 2.75) is 26.9 Å². The maximum Gasteiger partial charge on any atom is 0.358 e. The van der Waals surface area contributed by atoms with Gasteiger partial charge in [0.25, 0.3) is 5.91 Å². The minimum absolute atomic E-state index is 0.213. The number of nitrogens with one attached hydrogen (secondary N) is 1. The first-order valence-corrected chi connectivity index (χ1v) is 9.78. The normalized spacial score (nSPS) is 11.8. The molecule has 0 saturated carbocycles. The van der Waals surface area contributed by atoms with Gasteiger partial charge in [0, 0.05) is 11.1 Å². The quantitative estimate of drug-likeness (QED) is 0.647. The van der Waals surface area contributed by atoms with Crippen LogP contribution < -0.4 is 5.32 Å². The maximum absolute atomic E-state index is 12.3. The lowest BCUT2D eigenvalue weighted by molar-refractivity contribution is -0.123. The smallest absolute Gasteiger partial charge is 0.358 e. The molecule has 0 spiro atoms. The van der Waals surface area contributed by atoms with Crippen LogP contribution in [0.25, 0.3) is 9.88 Å². The number of aryl methyl sites for hydroxylation is 2. The molecule has 0 fully saturated rings. The van der Waals surface area contributed by atoms with Crippen molar-refractivity contribution in [3.05, 3.63) is 57.9 Å². The third-order valence-corrected chi connectivity index (χ3v) is 5.63. The zero-order valence-electron chi connectivity index (χ0n) is 14.6. The number of hydrogen-bond acceptors (Lipinski definition) is 6. The van der Waals surface area contributed by atoms with Gasteiger partial charge in [-0.05, 0) is 49.4 Å². The summed E-state index contributed by atoms with van der Waals surface area (Å²) in [6.45, 7) is 5.41. The highest BCUT2D eigenvalue weighted by Gasteiger charge is 2.21. The Kier molecular flexibility index (Phi) is 5.49. The summed E-state index contributed by atoms with van der Waals surface area (Å²) < 4.78 is 5.27. The molecule has 0 aliphatic rings. The van der Waals surface area contributed by atoms with E-state index in [1.807, 2.05) is 49.6 Å². The largest absolute Gasteiger partial charge is 0.448 e. The summed E-state index contributed by atoms with van der Waals surface area (Å²) in [5, 5.41) is 7.16. The molecule has 0 bridgehead atoms. The lowest BCUT2D eigenvalue weighted by Gasteiger charge is -2.14. The first kappa shape index (κ1) is 18.3. The molecule has 3 rings (SSSR count). The Morgan fingerprint density at radius 2 is 2.00 bits per heavy atom. The number of hydrogen-bond donors (Lipinski definition) is 1. The number of amides is 1. The molecule has 2 heterocycles. The van der Waals surface area contributed by atoms with Gasteiger partial charge in [0.2, 0.25) is 0 Å². The van der Waals surface area contributed by atoms with Crippen molar-refractivity contribution >= 4 is 40.2 Å². The third kappa shape index (κ3) is 4.17. The fourth-order valence-electron chi connectivity index (χ4n) is 2.26. The van der Waals surface area contributed by atoms with Gasteiger partial charge in [-0.25, -0.2) is 9.78 Å². The Morgan fingerprint density at radius 3 is 2.73 bits per heavy atom. The zero-order chi connectivity index (χ0) is 18.7. The third-order valence-electron chi connectivity index (χ3n) is 3.75. The first-order chi connectivity index (χ1) is 12.4. The Labute approximate surface area is 159 Å². The van der Waals surface area contributed by atoms with Crippen LogP contribution in [0.4, 0.5) is 5.69 Å². The number of nitrogens with zero attached hydrogens (tertiary/aromatic N) is 1. The van der Waals surface area contributed by atoms with Gasteiger partial charge in [-0.3, -0.25) is 4.79 Å². The highest BCUT2D eigenvalue weighted by atomic mass is 32.1. The average molecular weight is 386 g/mol. The second-order valence-electron chi connectivity index (χ2n) is 5.87. The van der Waals surface area contributed by atoms with Crippen LogP contribution in [-0.4, -0.2) is 23.0 Å². The van der Waals surface area contributed by atoms with Crippen molar-refractivity contribution in [2.75, 3.05) is 5.32 Å². The van der Waals surface area contributed by atoms with Crippen molar-refractivity contribution < 1.29 is 14.3 Å². The predicted molar refractivity (Wildman–Crippen MR) is 105 cm³/mol. The molecule has 0 unspecified atom stereocenters. The van der Waals surface area contributed by atoms with Crippen LogP contribution in [0.5, 0.6) is 0 Å². The molecule has 2 aromatic heterocycles. The van der Waals surface area contributed by atoms with E-state index < -0.39 is 12.1 Å². The summed E-state index contributed by atoms with van der Waals surface area (Å²) in [5.74, 6) is -0.978. The average Bonchev–Trinajstić information content (AvgIpc) is 3.28. The lowest BCUT2D eigenvalue weighted by atomic mass is 10.1. The number of ether oxygens (including phenoxy) is 1. The van der Waals surface area contributed by atoms with E-state index >= 15 is 0 Å². The topological polar surface area (TPSA) is 68.3 Å². The molecule has 1 aromatic carbocycles. The minimum atomic E-state index is -0.922. The van der Waals surface area contributed by atoms with Crippen LogP contribution in [0.2, 0.25) is 0 Å². The van der Waals surface area contributed by atoms with Gasteiger partial charge in [-0.1, -0.05) is 18.2 Å². The molecule has 26 heavy (non-hydrogen) atoms. The van der Waals surface area contributed by atoms with Gasteiger partial charge in [0.05, 0.1) is 4.88 Å². The summed E-state index contributed by atoms with van der Waals surface area (Å²) in [4.78, 5) is 29.9. The van der Waals surface area contributed by atoms with Crippen molar-refractivity contribution in [3.63, 3.8) is 0 Å². The van der Waals surface area contributed by atoms with Crippen molar-refractivity contribution in [1.82, 2.24) is 4.98 Å². The fraction of sp³-hybridized carbons (Fsp3) is 0.211. The molecule has 1 N–H and O–H groups in total. The molecule has 134 valence electrons.